The van der Waals surface area contributed by atoms with Crippen molar-refractivity contribution in [2.45, 2.75) is 38.6 Å². The van der Waals surface area contributed by atoms with Gasteiger partial charge in [0, 0.05) is 38.4 Å². The van der Waals surface area contributed by atoms with Gasteiger partial charge < -0.3 is 19.9 Å². The molecular formula is C23H29N5O2. The highest BCUT2D eigenvalue weighted by atomic mass is 16.5. The summed E-state index contributed by atoms with van der Waals surface area (Å²) in [5, 5.41) is 3.31. The molecular weight excluding hydrogens is 378 g/mol. The summed E-state index contributed by atoms with van der Waals surface area (Å²) in [6.45, 7) is 11.5. The van der Waals surface area contributed by atoms with Crippen molar-refractivity contribution < 1.29 is 9.53 Å². The van der Waals surface area contributed by atoms with Gasteiger partial charge in [-0.25, -0.2) is 9.97 Å². The minimum atomic E-state index is -0.209. The van der Waals surface area contributed by atoms with Gasteiger partial charge in [-0.3, -0.25) is 4.79 Å². The molecule has 1 saturated heterocycles. The summed E-state index contributed by atoms with van der Waals surface area (Å²) in [5.74, 6) is 1.21. The van der Waals surface area contributed by atoms with Crippen molar-refractivity contribution in [2.24, 2.45) is 0 Å². The summed E-state index contributed by atoms with van der Waals surface area (Å²) in [6, 6.07) is 10.1. The molecule has 158 valence electrons. The number of fused-ring (bicyclic) bond motifs is 1. The SMILES string of the molecule is C=C[C@@H]1CN(Cc2ccccc2)C(=O)c2cnc(C3CNCCO3)nc2N1C(C)C. The Balaban J connectivity index is 1.74. The number of aromatic nitrogens is 2. The number of carbonyl (C=O) groups excluding carboxylic acids is 1. The fourth-order valence-corrected chi connectivity index (χ4v) is 4.10. The average Bonchev–Trinajstić information content (AvgIpc) is 2.89. The summed E-state index contributed by atoms with van der Waals surface area (Å²) in [6.07, 6.45) is 3.36. The molecule has 2 atom stereocenters. The van der Waals surface area contributed by atoms with E-state index < -0.39 is 0 Å². The highest BCUT2D eigenvalue weighted by Crippen LogP contribution is 2.30. The number of nitrogens with zero attached hydrogens (tertiary/aromatic N) is 4. The van der Waals surface area contributed by atoms with E-state index in [2.05, 4.69) is 35.6 Å². The maximum absolute atomic E-state index is 13.5. The fraction of sp³-hybridized carbons (Fsp3) is 0.435. The van der Waals surface area contributed by atoms with Crippen molar-refractivity contribution in [1.29, 1.82) is 0 Å². The zero-order valence-electron chi connectivity index (χ0n) is 17.6. The van der Waals surface area contributed by atoms with E-state index in [-0.39, 0.29) is 24.1 Å². The number of carbonyl (C=O) groups is 1. The molecule has 1 amide bonds. The monoisotopic (exact) mass is 407 g/mol. The van der Waals surface area contributed by atoms with Gasteiger partial charge in [-0.15, -0.1) is 6.58 Å². The lowest BCUT2D eigenvalue weighted by Gasteiger charge is -2.34. The Kier molecular flexibility index (Phi) is 6.11. The molecule has 7 heteroatoms. The first-order valence-corrected chi connectivity index (χ1v) is 10.5. The van der Waals surface area contributed by atoms with E-state index in [4.69, 9.17) is 9.72 Å². The number of ether oxygens (including phenoxy) is 1. The Morgan fingerprint density at radius 2 is 2.13 bits per heavy atom. The second-order valence-electron chi connectivity index (χ2n) is 8.00. The molecule has 0 radical (unpaired) electrons. The van der Waals surface area contributed by atoms with E-state index in [0.29, 0.717) is 43.4 Å². The van der Waals surface area contributed by atoms with E-state index >= 15 is 0 Å². The number of rotatable bonds is 5. The second kappa shape index (κ2) is 8.93. The first-order valence-electron chi connectivity index (χ1n) is 10.5. The van der Waals surface area contributed by atoms with E-state index in [1.807, 2.05) is 41.3 Å². The second-order valence-corrected chi connectivity index (χ2v) is 8.00. The van der Waals surface area contributed by atoms with Crippen LogP contribution in [0.2, 0.25) is 0 Å². The summed E-state index contributed by atoms with van der Waals surface area (Å²) in [4.78, 5) is 26.9. The Bertz CT molecular complexity index is 896. The maximum atomic E-state index is 13.5. The lowest BCUT2D eigenvalue weighted by Crippen LogP contribution is -2.45. The number of hydrogen-bond acceptors (Lipinski definition) is 6. The fourth-order valence-electron chi connectivity index (χ4n) is 4.10. The molecule has 0 aliphatic carbocycles. The molecule has 1 unspecified atom stereocenters. The molecule has 1 aromatic heterocycles. The van der Waals surface area contributed by atoms with Crippen LogP contribution in [0.25, 0.3) is 0 Å². The van der Waals surface area contributed by atoms with Crippen molar-refractivity contribution in [2.75, 3.05) is 31.1 Å². The summed E-state index contributed by atoms with van der Waals surface area (Å²) in [5.41, 5.74) is 1.61. The van der Waals surface area contributed by atoms with Crippen molar-refractivity contribution in [1.82, 2.24) is 20.2 Å². The van der Waals surface area contributed by atoms with Crippen LogP contribution in [0.15, 0.2) is 49.2 Å². The van der Waals surface area contributed by atoms with Crippen molar-refractivity contribution in [3.05, 3.63) is 66.1 Å². The van der Waals surface area contributed by atoms with Gasteiger partial charge in [-0.05, 0) is 19.4 Å². The maximum Gasteiger partial charge on any atom is 0.259 e. The summed E-state index contributed by atoms with van der Waals surface area (Å²) < 4.78 is 5.84. The molecule has 4 rings (SSSR count). The lowest BCUT2D eigenvalue weighted by molar-refractivity contribution is 0.0221. The van der Waals surface area contributed by atoms with E-state index in [1.165, 1.54) is 0 Å². The third-order valence-electron chi connectivity index (χ3n) is 5.57. The van der Waals surface area contributed by atoms with Gasteiger partial charge in [0.15, 0.2) is 5.82 Å². The predicted octanol–water partition coefficient (Wildman–Crippen LogP) is 2.56. The molecule has 0 bridgehead atoms. The molecule has 2 aliphatic rings. The van der Waals surface area contributed by atoms with Gasteiger partial charge in [0.2, 0.25) is 0 Å². The highest BCUT2D eigenvalue weighted by molar-refractivity contribution is 5.99. The topological polar surface area (TPSA) is 70.6 Å². The van der Waals surface area contributed by atoms with Crippen LogP contribution in [-0.4, -0.2) is 59.1 Å². The quantitative estimate of drug-likeness (QED) is 0.769. The molecule has 1 N–H and O–H groups in total. The van der Waals surface area contributed by atoms with Crippen LogP contribution in [0.3, 0.4) is 0 Å². The van der Waals surface area contributed by atoms with Crippen LogP contribution in [0.4, 0.5) is 5.82 Å². The first-order chi connectivity index (χ1) is 14.6. The molecule has 7 nitrogen and oxygen atoms in total. The third kappa shape index (κ3) is 4.08. The summed E-state index contributed by atoms with van der Waals surface area (Å²) in [7, 11) is 0. The first kappa shape index (κ1) is 20.5. The molecule has 30 heavy (non-hydrogen) atoms. The van der Waals surface area contributed by atoms with Crippen molar-refractivity contribution in [3.63, 3.8) is 0 Å². The molecule has 2 aliphatic heterocycles. The molecule has 0 saturated carbocycles. The average molecular weight is 408 g/mol. The third-order valence-corrected chi connectivity index (χ3v) is 5.57. The number of hydrogen-bond donors (Lipinski definition) is 1. The van der Waals surface area contributed by atoms with Crippen LogP contribution in [0.1, 0.15) is 41.7 Å². The minimum Gasteiger partial charge on any atom is -0.368 e. The number of amides is 1. The van der Waals surface area contributed by atoms with E-state index in [9.17, 15) is 4.79 Å². The Morgan fingerprint density at radius 3 is 2.80 bits per heavy atom. The van der Waals surface area contributed by atoms with Gasteiger partial charge in [-0.1, -0.05) is 36.4 Å². The van der Waals surface area contributed by atoms with Gasteiger partial charge in [0.05, 0.1) is 12.6 Å². The number of nitrogens with one attached hydrogen (secondary N) is 1. The van der Waals surface area contributed by atoms with E-state index in [1.54, 1.807) is 6.20 Å². The van der Waals surface area contributed by atoms with Gasteiger partial charge in [0.1, 0.15) is 17.5 Å². The number of morpholine rings is 1. The largest absolute Gasteiger partial charge is 0.368 e. The Labute approximate surface area is 177 Å². The highest BCUT2D eigenvalue weighted by Gasteiger charge is 2.35. The van der Waals surface area contributed by atoms with Gasteiger partial charge in [-0.2, -0.15) is 0 Å². The zero-order valence-corrected chi connectivity index (χ0v) is 17.6. The van der Waals surface area contributed by atoms with Crippen LogP contribution in [-0.2, 0) is 11.3 Å². The number of benzene rings is 1. The zero-order chi connectivity index (χ0) is 21.1. The van der Waals surface area contributed by atoms with E-state index in [0.717, 1.165) is 12.1 Å². The van der Waals surface area contributed by atoms with Crippen LogP contribution >= 0.6 is 0 Å². The molecule has 0 spiro atoms. The normalized spacial score (nSPS) is 22.0. The minimum absolute atomic E-state index is 0.0490. The lowest BCUT2D eigenvalue weighted by atomic mass is 10.1. The molecule has 2 aromatic rings. The van der Waals surface area contributed by atoms with Gasteiger partial charge >= 0.3 is 0 Å². The molecule has 3 heterocycles. The predicted molar refractivity (Wildman–Crippen MR) is 116 cm³/mol. The number of anilines is 1. The van der Waals surface area contributed by atoms with Gasteiger partial charge in [0.25, 0.3) is 5.91 Å². The van der Waals surface area contributed by atoms with Crippen LogP contribution in [0, 0.1) is 0 Å². The summed E-state index contributed by atoms with van der Waals surface area (Å²) >= 11 is 0. The Hall–Kier alpha value is -2.77. The molecule has 1 fully saturated rings. The Morgan fingerprint density at radius 1 is 1.33 bits per heavy atom. The smallest absolute Gasteiger partial charge is 0.259 e. The van der Waals surface area contributed by atoms with Crippen molar-refractivity contribution in [3.8, 4) is 0 Å². The van der Waals surface area contributed by atoms with Crippen LogP contribution < -0.4 is 10.2 Å². The standard InChI is InChI=1S/C23H29N5O2/c1-4-18-15-27(14-17-8-6-5-7-9-17)23(29)19-12-25-21(20-13-24-10-11-30-20)26-22(19)28(18)16(2)3/h4-9,12,16,18,20,24H,1,10-11,13-15H2,2-3H3/t18-,20?/m1/s1. The molecule has 1 aromatic carbocycles. The van der Waals surface area contributed by atoms with Crippen molar-refractivity contribution >= 4 is 11.7 Å². The van der Waals surface area contributed by atoms with Crippen LogP contribution in [0.5, 0.6) is 0 Å².